The molecule has 2 atom stereocenters. The molecule has 0 bridgehead atoms. The van der Waals surface area contributed by atoms with Gasteiger partial charge in [0.2, 0.25) is 0 Å². The van der Waals surface area contributed by atoms with Crippen molar-refractivity contribution in [3.63, 3.8) is 0 Å². The Morgan fingerprint density at radius 1 is 1.10 bits per heavy atom. The Labute approximate surface area is 184 Å². The normalized spacial score (nSPS) is 21.6. The highest BCUT2D eigenvalue weighted by Crippen LogP contribution is 2.44. The van der Waals surface area contributed by atoms with E-state index in [9.17, 15) is 4.39 Å². The molecule has 1 aliphatic carbocycles. The number of halogens is 3. The fourth-order valence-electron chi connectivity index (χ4n) is 4.44. The average molecular weight is 447 g/mol. The van der Waals surface area contributed by atoms with Gasteiger partial charge in [-0.05, 0) is 48.4 Å². The summed E-state index contributed by atoms with van der Waals surface area (Å²) in [7, 11) is 0. The molecular formula is C22H21Cl2FN4O. The third kappa shape index (κ3) is 3.69. The number of piperazine rings is 1. The number of H-pyrrole nitrogens is 1. The first-order valence-corrected chi connectivity index (χ1v) is 10.7. The van der Waals surface area contributed by atoms with Crippen molar-refractivity contribution in [2.75, 3.05) is 26.2 Å². The molecule has 2 N–H and O–H groups in total. The van der Waals surface area contributed by atoms with Gasteiger partial charge >= 0.3 is 0 Å². The predicted octanol–water partition coefficient (Wildman–Crippen LogP) is 4.47. The van der Waals surface area contributed by atoms with E-state index >= 15 is 0 Å². The lowest BCUT2D eigenvalue weighted by Crippen LogP contribution is -2.50. The van der Waals surface area contributed by atoms with Gasteiger partial charge in [0.05, 0.1) is 11.7 Å². The van der Waals surface area contributed by atoms with Crippen molar-refractivity contribution in [3.05, 3.63) is 69.6 Å². The number of aromatic nitrogens is 2. The van der Waals surface area contributed by atoms with E-state index in [1.165, 1.54) is 12.1 Å². The van der Waals surface area contributed by atoms with Crippen molar-refractivity contribution in [3.8, 4) is 17.0 Å². The van der Waals surface area contributed by atoms with Crippen molar-refractivity contribution in [2.24, 2.45) is 0 Å². The number of ether oxygens (including phenoxy) is 1. The first kappa shape index (κ1) is 19.8. The number of hydrogen-bond acceptors (Lipinski definition) is 4. The van der Waals surface area contributed by atoms with E-state index in [-0.39, 0.29) is 18.0 Å². The molecule has 3 aromatic rings. The topological polar surface area (TPSA) is 53.2 Å². The van der Waals surface area contributed by atoms with E-state index in [1.54, 1.807) is 24.4 Å². The van der Waals surface area contributed by atoms with E-state index in [2.05, 4.69) is 20.4 Å². The standard InChI is InChI=1S/C22H21Cl2FN4O/c23-13-9-16-15(18(24)10-13)12-20(29-7-5-26-6-8-29)22(16)30-21-2-1-14(25)11-17(21)19-3-4-27-28-19/h1-4,9-11,20,22,26H,5-8,12H2,(H,27,28)/t20-,22+/m0/s1. The van der Waals surface area contributed by atoms with Crippen LogP contribution in [-0.2, 0) is 6.42 Å². The van der Waals surface area contributed by atoms with Crippen molar-refractivity contribution < 1.29 is 9.13 Å². The third-order valence-corrected chi connectivity index (χ3v) is 6.41. The Morgan fingerprint density at radius 3 is 2.70 bits per heavy atom. The Hall–Kier alpha value is -2.12. The number of nitrogens with one attached hydrogen (secondary N) is 2. The highest BCUT2D eigenvalue weighted by molar-refractivity contribution is 6.35. The summed E-state index contributed by atoms with van der Waals surface area (Å²) in [6, 6.07) is 10.2. The molecule has 30 heavy (non-hydrogen) atoms. The van der Waals surface area contributed by atoms with Crippen LogP contribution in [0.4, 0.5) is 4.39 Å². The third-order valence-electron chi connectivity index (χ3n) is 5.86. The number of nitrogens with zero attached hydrogens (tertiary/aromatic N) is 2. The molecule has 0 saturated carbocycles. The molecule has 2 heterocycles. The monoisotopic (exact) mass is 446 g/mol. The van der Waals surface area contributed by atoms with Crippen LogP contribution in [0.15, 0.2) is 42.6 Å². The molecule has 156 valence electrons. The van der Waals surface area contributed by atoms with Crippen LogP contribution in [0, 0.1) is 5.82 Å². The van der Waals surface area contributed by atoms with Crippen LogP contribution in [-0.4, -0.2) is 47.3 Å². The molecule has 1 aliphatic heterocycles. The highest BCUT2D eigenvalue weighted by atomic mass is 35.5. The van der Waals surface area contributed by atoms with Gasteiger partial charge in [0.1, 0.15) is 17.7 Å². The average Bonchev–Trinajstić information content (AvgIpc) is 3.39. The van der Waals surface area contributed by atoms with Gasteiger partial charge in [-0.15, -0.1) is 0 Å². The Bertz CT molecular complexity index is 1050. The minimum Gasteiger partial charge on any atom is -0.483 e. The van der Waals surface area contributed by atoms with Crippen LogP contribution < -0.4 is 10.1 Å². The van der Waals surface area contributed by atoms with Crippen LogP contribution >= 0.6 is 23.2 Å². The van der Waals surface area contributed by atoms with Crippen molar-refractivity contribution >= 4 is 23.2 Å². The van der Waals surface area contributed by atoms with Crippen molar-refractivity contribution in [1.29, 1.82) is 0 Å². The Morgan fingerprint density at radius 2 is 1.93 bits per heavy atom. The number of rotatable bonds is 4. The summed E-state index contributed by atoms with van der Waals surface area (Å²) in [6.45, 7) is 3.73. The maximum Gasteiger partial charge on any atom is 0.140 e. The van der Waals surface area contributed by atoms with Crippen LogP contribution in [0.25, 0.3) is 11.3 Å². The number of fused-ring (bicyclic) bond motifs is 1. The van der Waals surface area contributed by atoms with Crippen LogP contribution in [0.3, 0.4) is 0 Å². The summed E-state index contributed by atoms with van der Waals surface area (Å²) in [5.41, 5.74) is 3.30. The molecule has 1 aromatic heterocycles. The molecule has 2 aliphatic rings. The summed E-state index contributed by atoms with van der Waals surface area (Å²) in [5, 5.41) is 11.6. The summed E-state index contributed by atoms with van der Waals surface area (Å²) in [6.07, 6.45) is 2.23. The van der Waals surface area contributed by atoms with Crippen LogP contribution in [0.2, 0.25) is 10.0 Å². The highest BCUT2D eigenvalue weighted by Gasteiger charge is 2.40. The van der Waals surface area contributed by atoms with Gasteiger partial charge in [-0.3, -0.25) is 10.00 Å². The van der Waals surface area contributed by atoms with E-state index < -0.39 is 0 Å². The van der Waals surface area contributed by atoms with Crippen LogP contribution in [0.1, 0.15) is 17.2 Å². The summed E-state index contributed by atoms with van der Waals surface area (Å²) < 4.78 is 20.6. The Kier molecular flexibility index (Phi) is 5.41. The van der Waals surface area contributed by atoms with E-state index in [0.717, 1.165) is 43.7 Å². The zero-order valence-corrected chi connectivity index (χ0v) is 17.7. The number of benzene rings is 2. The lowest BCUT2D eigenvalue weighted by atomic mass is 10.1. The first-order valence-electron chi connectivity index (χ1n) is 9.99. The lowest BCUT2D eigenvalue weighted by Gasteiger charge is -2.36. The predicted molar refractivity (Wildman–Crippen MR) is 116 cm³/mol. The van der Waals surface area contributed by atoms with Gasteiger partial charge in [-0.25, -0.2) is 4.39 Å². The number of aromatic amines is 1. The van der Waals surface area contributed by atoms with Gasteiger partial charge in [0.15, 0.2) is 0 Å². The molecule has 5 rings (SSSR count). The zero-order valence-electron chi connectivity index (χ0n) is 16.2. The fraction of sp³-hybridized carbons (Fsp3) is 0.318. The lowest BCUT2D eigenvalue weighted by molar-refractivity contribution is 0.0697. The second kappa shape index (κ2) is 8.19. The molecule has 1 saturated heterocycles. The molecule has 0 spiro atoms. The van der Waals surface area contributed by atoms with Gasteiger partial charge in [-0.2, -0.15) is 5.10 Å². The van der Waals surface area contributed by atoms with Gasteiger partial charge in [-0.1, -0.05) is 23.2 Å². The summed E-state index contributed by atoms with van der Waals surface area (Å²) in [5.74, 6) is 0.245. The van der Waals surface area contributed by atoms with Crippen LogP contribution in [0.5, 0.6) is 5.75 Å². The van der Waals surface area contributed by atoms with Gasteiger partial charge in [0, 0.05) is 53.5 Å². The molecule has 5 nitrogen and oxygen atoms in total. The van der Waals surface area contributed by atoms with Crippen molar-refractivity contribution in [1.82, 2.24) is 20.4 Å². The Balaban J connectivity index is 1.56. The largest absolute Gasteiger partial charge is 0.483 e. The molecule has 0 unspecified atom stereocenters. The molecule has 2 aromatic carbocycles. The van der Waals surface area contributed by atoms with Crippen molar-refractivity contribution in [2.45, 2.75) is 18.6 Å². The minimum atomic E-state index is -0.336. The summed E-state index contributed by atoms with van der Waals surface area (Å²) >= 11 is 12.9. The fourth-order valence-corrected chi connectivity index (χ4v) is 5.03. The smallest absolute Gasteiger partial charge is 0.140 e. The minimum absolute atomic E-state index is 0.121. The van der Waals surface area contributed by atoms with E-state index in [4.69, 9.17) is 27.9 Å². The molecule has 0 radical (unpaired) electrons. The molecule has 1 fully saturated rings. The second-order valence-electron chi connectivity index (χ2n) is 7.65. The molecular weight excluding hydrogens is 426 g/mol. The van der Waals surface area contributed by atoms with Gasteiger partial charge in [0.25, 0.3) is 0 Å². The molecule has 0 amide bonds. The number of hydrogen-bond donors (Lipinski definition) is 2. The quantitative estimate of drug-likeness (QED) is 0.620. The van der Waals surface area contributed by atoms with Gasteiger partial charge < -0.3 is 10.1 Å². The SMILES string of the molecule is Fc1ccc(O[C@@H]2c3cc(Cl)cc(Cl)c3C[C@@H]2N2CCNCC2)c(-c2cc[nH]n2)c1. The maximum atomic E-state index is 14.0. The molecule has 8 heteroatoms. The van der Waals surface area contributed by atoms with E-state index in [1.807, 2.05) is 6.07 Å². The summed E-state index contributed by atoms with van der Waals surface area (Å²) in [4.78, 5) is 2.43. The zero-order chi connectivity index (χ0) is 20.7. The maximum absolute atomic E-state index is 14.0. The first-order chi connectivity index (χ1) is 14.6. The van der Waals surface area contributed by atoms with E-state index in [0.29, 0.717) is 27.1 Å². The second-order valence-corrected chi connectivity index (χ2v) is 8.49.